The lowest BCUT2D eigenvalue weighted by Crippen LogP contribution is -2.48. The maximum absolute atomic E-state index is 11.8. The summed E-state index contributed by atoms with van der Waals surface area (Å²) in [6.45, 7) is 0. The van der Waals surface area contributed by atoms with Crippen LogP contribution in [0.4, 0.5) is 4.79 Å². The molecule has 1 saturated heterocycles. The number of methoxy groups -OCH3 is 1. The molecule has 5 aliphatic rings. The first-order valence-electron chi connectivity index (χ1n) is 11.6. The lowest BCUT2D eigenvalue weighted by atomic mass is 9.48. The summed E-state index contributed by atoms with van der Waals surface area (Å²) in [5, 5.41) is 1.99. The summed E-state index contributed by atoms with van der Waals surface area (Å²) in [6, 6.07) is 14.9. The molecule has 0 aromatic heterocycles. The number of amides is 2. The van der Waals surface area contributed by atoms with Crippen LogP contribution in [0.3, 0.4) is 0 Å². The third-order valence-electron chi connectivity index (χ3n) is 7.99. The van der Waals surface area contributed by atoms with E-state index < -0.39 is 0 Å². The van der Waals surface area contributed by atoms with Crippen LogP contribution in [-0.4, -0.2) is 18.3 Å². The Kier molecular flexibility index (Phi) is 4.72. The first kappa shape index (κ1) is 20.1. The second-order valence-corrected chi connectivity index (χ2v) is 11.1. The average molecular weight is 446 g/mol. The van der Waals surface area contributed by atoms with Crippen LogP contribution < -0.4 is 10.1 Å². The van der Waals surface area contributed by atoms with E-state index >= 15 is 0 Å². The molecule has 0 unspecified atom stereocenters. The fraction of sp³-hybridized carbons (Fsp3) is 0.407. The number of imide groups is 1. The van der Waals surface area contributed by atoms with Crippen molar-refractivity contribution in [3.63, 3.8) is 0 Å². The number of carbonyl (C=O) groups excluding carboxylic acids is 2. The van der Waals surface area contributed by atoms with Crippen LogP contribution in [0, 0.1) is 17.8 Å². The second-order valence-electron chi connectivity index (χ2n) is 10.1. The minimum atomic E-state index is -0.320. The summed E-state index contributed by atoms with van der Waals surface area (Å²) < 4.78 is 5.86. The summed E-state index contributed by atoms with van der Waals surface area (Å²) in [7, 11) is 1.79. The molecule has 1 heterocycles. The van der Waals surface area contributed by atoms with Crippen molar-refractivity contribution in [2.75, 3.05) is 7.11 Å². The van der Waals surface area contributed by atoms with E-state index in [1.165, 1.54) is 49.7 Å². The number of thioether (sulfide) groups is 1. The van der Waals surface area contributed by atoms with E-state index in [0.29, 0.717) is 4.91 Å². The molecule has 5 heteroatoms. The fourth-order valence-electron chi connectivity index (χ4n) is 7.09. The van der Waals surface area contributed by atoms with E-state index in [1.807, 2.05) is 12.1 Å². The zero-order valence-corrected chi connectivity index (χ0v) is 19.0. The molecule has 0 radical (unpaired) electrons. The maximum atomic E-state index is 11.8. The van der Waals surface area contributed by atoms with Gasteiger partial charge in [0.2, 0.25) is 0 Å². The van der Waals surface area contributed by atoms with Crippen molar-refractivity contribution in [2.24, 2.45) is 17.8 Å². The quantitative estimate of drug-likeness (QED) is 0.573. The first-order chi connectivity index (χ1) is 15.5. The fourth-order valence-corrected chi connectivity index (χ4v) is 7.77. The Morgan fingerprint density at radius 3 is 2.12 bits per heavy atom. The summed E-state index contributed by atoms with van der Waals surface area (Å²) in [5.74, 6) is 3.38. The van der Waals surface area contributed by atoms with Crippen LogP contribution in [0.1, 0.15) is 49.7 Å². The van der Waals surface area contributed by atoms with E-state index in [1.54, 1.807) is 13.2 Å². The zero-order chi connectivity index (χ0) is 21.9. The topological polar surface area (TPSA) is 55.4 Å². The van der Waals surface area contributed by atoms with Crippen LogP contribution in [0.5, 0.6) is 5.75 Å². The van der Waals surface area contributed by atoms with E-state index in [2.05, 4.69) is 35.6 Å². The van der Waals surface area contributed by atoms with Gasteiger partial charge in [0.05, 0.1) is 12.0 Å². The number of hydrogen-bond donors (Lipinski definition) is 1. The Morgan fingerprint density at radius 2 is 1.56 bits per heavy atom. The van der Waals surface area contributed by atoms with Crippen LogP contribution in [-0.2, 0) is 10.2 Å². The molecule has 5 fully saturated rings. The number of rotatable bonds is 4. The number of carbonyl (C=O) groups is 2. The molecule has 4 saturated carbocycles. The first-order valence-corrected chi connectivity index (χ1v) is 12.4. The van der Waals surface area contributed by atoms with Crippen molar-refractivity contribution in [1.29, 1.82) is 0 Å². The van der Waals surface area contributed by atoms with E-state index in [0.717, 1.165) is 46.4 Å². The Labute approximate surface area is 192 Å². The van der Waals surface area contributed by atoms with Crippen LogP contribution in [0.25, 0.3) is 17.2 Å². The minimum Gasteiger partial charge on any atom is -0.496 e. The number of ether oxygens (including phenoxy) is 1. The van der Waals surface area contributed by atoms with Crippen LogP contribution in [0.2, 0.25) is 0 Å². The Bertz CT molecular complexity index is 1100. The van der Waals surface area contributed by atoms with Gasteiger partial charge in [-0.15, -0.1) is 0 Å². The van der Waals surface area contributed by atoms with Gasteiger partial charge in [0.25, 0.3) is 11.1 Å². The largest absolute Gasteiger partial charge is 0.496 e. The molecule has 0 atom stereocenters. The number of benzene rings is 2. The highest BCUT2D eigenvalue weighted by molar-refractivity contribution is 8.18. The summed E-state index contributed by atoms with van der Waals surface area (Å²) >= 11 is 0.950. The highest BCUT2D eigenvalue weighted by atomic mass is 32.2. The molecular weight excluding hydrogens is 418 g/mol. The lowest BCUT2D eigenvalue weighted by Gasteiger charge is -2.57. The maximum Gasteiger partial charge on any atom is 0.290 e. The zero-order valence-electron chi connectivity index (χ0n) is 18.2. The highest BCUT2D eigenvalue weighted by Crippen LogP contribution is 2.62. The van der Waals surface area contributed by atoms with Crippen molar-refractivity contribution in [1.82, 2.24) is 5.32 Å². The van der Waals surface area contributed by atoms with Crippen molar-refractivity contribution < 1.29 is 14.3 Å². The molecule has 7 rings (SSSR count). The summed E-state index contributed by atoms with van der Waals surface area (Å²) in [4.78, 5) is 23.6. The van der Waals surface area contributed by atoms with Gasteiger partial charge in [0, 0.05) is 5.56 Å². The van der Waals surface area contributed by atoms with E-state index in [4.69, 9.17) is 4.74 Å². The molecule has 164 valence electrons. The number of hydrogen-bond acceptors (Lipinski definition) is 4. The third kappa shape index (κ3) is 3.38. The molecule has 32 heavy (non-hydrogen) atoms. The van der Waals surface area contributed by atoms with Crippen LogP contribution >= 0.6 is 11.8 Å². The van der Waals surface area contributed by atoms with Gasteiger partial charge >= 0.3 is 0 Å². The lowest BCUT2D eigenvalue weighted by molar-refractivity contribution is -0.115. The SMILES string of the molecule is COc1ccc(-c2ccc(C=C3SC(=O)NC3=O)cc2)cc1C12CC3CC(CC(C3)C1)C2. The monoisotopic (exact) mass is 445 g/mol. The number of nitrogens with one attached hydrogen (secondary N) is 1. The van der Waals surface area contributed by atoms with E-state index in [9.17, 15) is 9.59 Å². The molecule has 1 aliphatic heterocycles. The minimum absolute atomic E-state index is 0.278. The average Bonchev–Trinajstić information content (AvgIpc) is 3.09. The Hall–Kier alpha value is -2.53. The van der Waals surface area contributed by atoms with Gasteiger partial charge in [-0.05, 0) is 108 Å². The van der Waals surface area contributed by atoms with Gasteiger partial charge in [-0.3, -0.25) is 14.9 Å². The smallest absolute Gasteiger partial charge is 0.290 e. The molecule has 4 bridgehead atoms. The van der Waals surface area contributed by atoms with Crippen molar-refractivity contribution in [2.45, 2.75) is 43.9 Å². The van der Waals surface area contributed by atoms with Crippen molar-refractivity contribution in [3.8, 4) is 16.9 Å². The normalized spacial score (nSPS) is 31.9. The van der Waals surface area contributed by atoms with Crippen molar-refractivity contribution in [3.05, 3.63) is 58.5 Å². The molecule has 4 aliphatic carbocycles. The van der Waals surface area contributed by atoms with Gasteiger partial charge in [0.15, 0.2) is 0 Å². The molecule has 2 amide bonds. The Balaban J connectivity index is 1.33. The summed E-state index contributed by atoms with van der Waals surface area (Å²) in [6.07, 6.45) is 9.99. The molecule has 1 N–H and O–H groups in total. The molecule has 2 aromatic rings. The van der Waals surface area contributed by atoms with E-state index in [-0.39, 0.29) is 16.6 Å². The predicted molar refractivity (Wildman–Crippen MR) is 127 cm³/mol. The van der Waals surface area contributed by atoms with Gasteiger partial charge < -0.3 is 4.74 Å². The van der Waals surface area contributed by atoms with Crippen molar-refractivity contribution >= 4 is 29.0 Å². The third-order valence-corrected chi connectivity index (χ3v) is 8.80. The molecule has 4 nitrogen and oxygen atoms in total. The molecule has 0 spiro atoms. The predicted octanol–water partition coefficient (Wildman–Crippen LogP) is 6.15. The van der Waals surface area contributed by atoms with Gasteiger partial charge in [0.1, 0.15) is 5.75 Å². The van der Waals surface area contributed by atoms with Gasteiger partial charge in [-0.1, -0.05) is 30.3 Å². The highest BCUT2D eigenvalue weighted by Gasteiger charge is 2.52. The molecule has 2 aromatic carbocycles. The second kappa shape index (κ2) is 7.51. The van der Waals surface area contributed by atoms with Gasteiger partial charge in [-0.25, -0.2) is 0 Å². The summed E-state index contributed by atoms with van der Waals surface area (Å²) in [5.41, 5.74) is 4.95. The molecular formula is C27H27NO3S. The van der Waals surface area contributed by atoms with Gasteiger partial charge in [-0.2, -0.15) is 0 Å². The van der Waals surface area contributed by atoms with Crippen LogP contribution in [0.15, 0.2) is 47.4 Å². The Morgan fingerprint density at radius 1 is 0.938 bits per heavy atom. The standard InChI is InChI=1S/C27H27NO3S/c1-31-23-7-6-21(12-22(23)27-13-17-8-18(14-27)10-19(9-17)15-27)20-4-2-16(3-5-20)11-24-25(29)28-26(30)32-24/h2-7,11-12,17-19H,8-10,13-15H2,1H3,(H,28,29,30).